The lowest BCUT2D eigenvalue weighted by molar-refractivity contribution is -0.117. The van der Waals surface area contributed by atoms with E-state index in [1.54, 1.807) is 43.4 Å². The molecule has 0 saturated heterocycles. The van der Waals surface area contributed by atoms with Crippen LogP contribution < -0.4 is 5.32 Å². The SMILES string of the molecule is COC(=O)c1cccc(NC(=O)CN(C)Cc2ccc(F)cc2)c1. The Labute approximate surface area is 140 Å². The van der Waals surface area contributed by atoms with E-state index in [9.17, 15) is 14.0 Å². The lowest BCUT2D eigenvalue weighted by Gasteiger charge is -2.16. The number of rotatable bonds is 6. The average Bonchev–Trinajstić information content (AvgIpc) is 2.56. The van der Waals surface area contributed by atoms with Gasteiger partial charge < -0.3 is 10.1 Å². The van der Waals surface area contributed by atoms with E-state index in [4.69, 9.17) is 0 Å². The highest BCUT2D eigenvalue weighted by Gasteiger charge is 2.10. The van der Waals surface area contributed by atoms with Gasteiger partial charge in [0.1, 0.15) is 5.82 Å². The van der Waals surface area contributed by atoms with Crippen LogP contribution in [-0.4, -0.2) is 37.5 Å². The second-order valence-electron chi connectivity index (χ2n) is 5.42. The Bertz CT molecular complexity index is 716. The predicted molar refractivity (Wildman–Crippen MR) is 89.1 cm³/mol. The number of amides is 1. The monoisotopic (exact) mass is 330 g/mol. The quantitative estimate of drug-likeness (QED) is 0.828. The normalized spacial score (nSPS) is 10.5. The molecule has 0 aromatic heterocycles. The highest BCUT2D eigenvalue weighted by atomic mass is 19.1. The molecule has 0 aliphatic heterocycles. The third-order valence-corrected chi connectivity index (χ3v) is 3.35. The van der Waals surface area contributed by atoms with Crippen LogP contribution in [0.2, 0.25) is 0 Å². The molecule has 0 heterocycles. The zero-order chi connectivity index (χ0) is 17.5. The molecule has 0 spiro atoms. The van der Waals surface area contributed by atoms with Gasteiger partial charge in [0.25, 0.3) is 0 Å². The van der Waals surface area contributed by atoms with E-state index in [1.165, 1.54) is 19.2 Å². The minimum Gasteiger partial charge on any atom is -0.465 e. The Balaban J connectivity index is 1.90. The van der Waals surface area contributed by atoms with Crippen LogP contribution in [0.15, 0.2) is 48.5 Å². The number of likely N-dealkylation sites (N-methyl/N-ethyl adjacent to an activating group) is 1. The summed E-state index contributed by atoms with van der Waals surface area (Å²) < 4.78 is 17.5. The standard InChI is InChI=1S/C18H19FN2O3/c1-21(11-13-6-8-15(19)9-7-13)12-17(22)20-16-5-3-4-14(10-16)18(23)24-2/h3-10H,11-12H2,1-2H3,(H,20,22). The van der Waals surface area contributed by atoms with Crippen LogP contribution in [0.4, 0.5) is 10.1 Å². The number of methoxy groups -OCH3 is 1. The average molecular weight is 330 g/mol. The van der Waals surface area contributed by atoms with Crippen LogP contribution in [0.3, 0.4) is 0 Å². The number of benzene rings is 2. The molecule has 1 N–H and O–H groups in total. The van der Waals surface area contributed by atoms with Crippen molar-refractivity contribution >= 4 is 17.6 Å². The maximum Gasteiger partial charge on any atom is 0.337 e. The van der Waals surface area contributed by atoms with Gasteiger partial charge in [-0.05, 0) is 42.9 Å². The van der Waals surface area contributed by atoms with Crippen molar-refractivity contribution in [2.75, 3.05) is 26.0 Å². The van der Waals surface area contributed by atoms with Gasteiger partial charge in [-0.2, -0.15) is 0 Å². The first-order valence-electron chi connectivity index (χ1n) is 7.39. The van der Waals surface area contributed by atoms with Gasteiger partial charge in [0.2, 0.25) is 5.91 Å². The van der Waals surface area contributed by atoms with Gasteiger partial charge in [-0.25, -0.2) is 9.18 Å². The predicted octanol–water partition coefficient (Wildman–Crippen LogP) is 2.68. The molecule has 2 aromatic carbocycles. The molecular weight excluding hydrogens is 311 g/mol. The minimum absolute atomic E-state index is 0.166. The number of esters is 1. The van der Waals surface area contributed by atoms with E-state index < -0.39 is 5.97 Å². The fourth-order valence-electron chi connectivity index (χ4n) is 2.24. The van der Waals surface area contributed by atoms with Gasteiger partial charge in [0, 0.05) is 12.2 Å². The number of hydrogen-bond donors (Lipinski definition) is 1. The van der Waals surface area contributed by atoms with Crippen LogP contribution in [0.1, 0.15) is 15.9 Å². The second kappa shape index (κ2) is 8.21. The van der Waals surface area contributed by atoms with Crippen LogP contribution >= 0.6 is 0 Å². The van der Waals surface area contributed by atoms with E-state index >= 15 is 0 Å². The summed E-state index contributed by atoms with van der Waals surface area (Å²) in [6.07, 6.45) is 0. The number of hydrogen-bond acceptors (Lipinski definition) is 4. The smallest absolute Gasteiger partial charge is 0.337 e. The van der Waals surface area contributed by atoms with Gasteiger partial charge in [-0.1, -0.05) is 18.2 Å². The first-order chi connectivity index (χ1) is 11.5. The van der Waals surface area contributed by atoms with Crippen molar-refractivity contribution in [1.82, 2.24) is 4.90 Å². The summed E-state index contributed by atoms with van der Waals surface area (Å²) in [5, 5.41) is 2.74. The van der Waals surface area contributed by atoms with Crippen LogP contribution in [0.5, 0.6) is 0 Å². The number of halogens is 1. The molecule has 0 bridgehead atoms. The third-order valence-electron chi connectivity index (χ3n) is 3.35. The van der Waals surface area contributed by atoms with Gasteiger partial charge in [-0.3, -0.25) is 9.69 Å². The van der Waals surface area contributed by atoms with E-state index in [-0.39, 0.29) is 18.3 Å². The fourth-order valence-corrected chi connectivity index (χ4v) is 2.24. The summed E-state index contributed by atoms with van der Waals surface area (Å²) in [5.41, 5.74) is 1.81. The van der Waals surface area contributed by atoms with Crippen molar-refractivity contribution in [2.45, 2.75) is 6.54 Å². The number of carbonyl (C=O) groups excluding carboxylic acids is 2. The van der Waals surface area contributed by atoms with Gasteiger partial charge >= 0.3 is 5.97 Å². The van der Waals surface area contributed by atoms with E-state index in [1.807, 2.05) is 4.90 Å². The highest BCUT2D eigenvalue weighted by Crippen LogP contribution is 2.12. The van der Waals surface area contributed by atoms with Crippen molar-refractivity contribution in [3.05, 3.63) is 65.5 Å². The Morgan fingerprint density at radius 2 is 1.88 bits per heavy atom. The number of nitrogens with zero attached hydrogens (tertiary/aromatic N) is 1. The number of ether oxygens (including phenoxy) is 1. The summed E-state index contributed by atoms with van der Waals surface area (Å²) >= 11 is 0. The Hall–Kier alpha value is -2.73. The third kappa shape index (κ3) is 5.17. The molecule has 1 amide bonds. The molecule has 6 heteroatoms. The topological polar surface area (TPSA) is 58.6 Å². The van der Waals surface area contributed by atoms with Crippen LogP contribution in [0.25, 0.3) is 0 Å². The molecular formula is C18H19FN2O3. The second-order valence-corrected chi connectivity index (χ2v) is 5.42. The van der Waals surface area contributed by atoms with E-state index in [0.717, 1.165) is 5.56 Å². The zero-order valence-electron chi connectivity index (χ0n) is 13.6. The molecule has 0 atom stereocenters. The van der Waals surface area contributed by atoms with Crippen LogP contribution in [0, 0.1) is 5.82 Å². The van der Waals surface area contributed by atoms with E-state index in [2.05, 4.69) is 10.1 Å². The molecule has 0 unspecified atom stereocenters. The molecule has 0 saturated carbocycles. The zero-order valence-corrected chi connectivity index (χ0v) is 13.6. The molecule has 2 rings (SSSR count). The Kier molecular flexibility index (Phi) is 6.03. The van der Waals surface area contributed by atoms with E-state index in [0.29, 0.717) is 17.8 Å². The number of nitrogens with one attached hydrogen (secondary N) is 1. The Morgan fingerprint density at radius 3 is 2.54 bits per heavy atom. The minimum atomic E-state index is -0.459. The lowest BCUT2D eigenvalue weighted by Crippen LogP contribution is -2.29. The fraction of sp³-hybridized carbons (Fsp3) is 0.222. The first-order valence-corrected chi connectivity index (χ1v) is 7.39. The van der Waals surface area contributed by atoms with Crippen molar-refractivity contribution in [3.8, 4) is 0 Å². The maximum atomic E-state index is 12.9. The van der Waals surface area contributed by atoms with Crippen molar-refractivity contribution in [3.63, 3.8) is 0 Å². The summed E-state index contributed by atoms with van der Waals surface area (Å²) in [6, 6.07) is 12.7. The molecule has 0 aliphatic carbocycles. The summed E-state index contributed by atoms with van der Waals surface area (Å²) in [4.78, 5) is 25.4. The van der Waals surface area contributed by atoms with Crippen LogP contribution in [-0.2, 0) is 16.1 Å². The number of anilines is 1. The number of carbonyl (C=O) groups is 2. The molecule has 2 aromatic rings. The highest BCUT2D eigenvalue weighted by molar-refractivity contribution is 5.95. The molecule has 5 nitrogen and oxygen atoms in total. The van der Waals surface area contributed by atoms with Crippen molar-refractivity contribution in [1.29, 1.82) is 0 Å². The van der Waals surface area contributed by atoms with Gasteiger partial charge in [-0.15, -0.1) is 0 Å². The van der Waals surface area contributed by atoms with Crippen molar-refractivity contribution in [2.24, 2.45) is 0 Å². The summed E-state index contributed by atoms with van der Waals surface area (Å²) in [7, 11) is 3.10. The molecule has 24 heavy (non-hydrogen) atoms. The Morgan fingerprint density at radius 1 is 1.17 bits per heavy atom. The largest absolute Gasteiger partial charge is 0.465 e. The molecule has 0 radical (unpaired) electrons. The summed E-state index contributed by atoms with van der Waals surface area (Å²) in [6.45, 7) is 0.690. The molecule has 126 valence electrons. The maximum absolute atomic E-state index is 12.9. The molecule has 0 fully saturated rings. The first kappa shape index (κ1) is 17.6. The lowest BCUT2D eigenvalue weighted by atomic mass is 10.2. The van der Waals surface area contributed by atoms with Gasteiger partial charge in [0.15, 0.2) is 0 Å². The molecule has 0 aliphatic rings. The van der Waals surface area contributed by atoms with Gasteiger partial charge in [0.05, 0.1) is 19.2 Å². The van der Waals surface area contributed by atoms with Crippen molar-refractivity contribution < 1.29 is 18.7 Å². The summed E-state index contributed by atoms with van der Waals surface area (Å²) in [5.74, 6) is -0.953.